The summed E-state index contributed by atoms with van der Waals surface area (Å²) < 4.78 is 4.97. The summed E-state index contributed by atoms with van der Waals surface area (Å²) in [5.41, 5.74) is 5.50. The van der Waals surface area contributed by atoms with Crippen LogP contribution in [0.15, 0.2) is 0 Å². The van der Waals surface area contributed by atoms with Crippen molar-refractivity contribution in [3.8, 4) is 0 Å². The number of amides is 2. The van der Waals surface area contributed by atoms with E-state index in [2.05, 4.69) is 12.2 Å². The van der Waals surface area contributed by atoms with Gasteiger partial charge >= 0.3 is 6.09 Å². The average molecular weight is 299 g/mol. The lowest BCUT2D eigenvalue weighted by Crippen LogP contribution is -2.46. The Labute approximate surface area is 127 Å². The van der Waals surface area contributed by atoms with Crippen molar-refractivity contribution in [2.75, 3.05) is 26.2 Å². The lowest BCUT2D eigenvalue weighted by atomic mass is 10.0. The molecule has 6 nitrogen and oxygen atoms in total. The molecule has 0 aromatic carbocycles. The maximum atomic E-state index is 11.9. The van der Waals surface area contributed by atoms with Crippen LogP contribution >= 0.6 is 0 Å². The Kier molecular flexibility index (Phi) is 8.12. The zero-order valence-corrected chi connectivity index (χ0v) is 13.3. The van der Waals surface area contributed by atoms with E-state index >= 15 is 0 Å². The second-order valence-electron chi connectivity index (χ2n) is 5.75. The molecule has 1 rings (SSSR count). The van der Waals surface area contributed by atoms with E-state index in [1.807, 2.05) is 0 Å². The van der Waals surface area contributed by atoms with E-state index in [1.165, 1.54) is 0 Å². The highest BCUT2D eigenvalue weighted by atomic mass is 16.6. The molecular formula is C15H29N3O3. The van der Waals surface area contributed by atoms with Crippen molar-refractivity contribution in [1.29, 1.82) is 0 Å². The Morgan fingerprint density at radius 2 is 2.00 bits per heavy atom. The number of piperidine rings is 1. The molecule has 1 fully saturated rings. The fourth-order valence-electron chi connectivity index (χ4n) is 2.53. The summed E-state index contributed by atoms with van der Waals surface area (Å²) in [6.45, 7) is 6.29. The van der Waals surface area contributed by atoms with Gasteiger partial charge in [-0.25, -0.2) is 4.79 Å². The highest BCUT2D eigenvalue weighted by molar-refractivity contribution is 5.76. The minimum Gasteiger partial charge on any atom is -0.450 e. The van der Waals surface area contributed by atoms with Crippen LogP contribution < -0.4 is 11.1 Å². The third-order valence-electron chi connectivity index (χ3n) is 3.91. The number of rotatable bonds is 7. The molecule has 0 bridgehead atoms. The summed E-state index contributed by atoms with van der Waals surface area (Å²) >= 11 is 0. The number of carbonyl (C=O) groups is 2. The molecule has 0 saturated carbocycles. The van der Waals surface area contributed by atoms with E-state index in [9.17, 15) is 9.59 Å². The predicted molar refractivity (Wildman–Crippen MR) is 81.8 cm³/mol. The van der Waals surface area contributed by atoms with Gasteiger partial charge in [-0.1, -0.05) is 6.92 Å². The minimum absolute atomic E-state index is 0.105. The second-order valence-corrected chi connectivity index (χ2v) is 5.75. The first-order valence-electron chi connectivity index (χ1n) is 7.98. The molecule has 122 valence electrons. The zero-order valence-electron chi connectivity index (χ0n) is 13.3. The monoisotopic (exact) mass is 299 g/mol. The molecular weight excluding hydrogens is 270 g/mol. The zero-order chi connectivity index (χ0) is 15.7. The third-order valence-corrected chi connectivity index (χ3v) is 3.91. The van der Waals surface area contributed by atoms with Crippen molar-refractivity contribution in [3.63, 3.8) is 0 Å². The van der Waals surface area contributed by atoms with Crippen molar-refractivity contribution in [2.45, 2.75) is 52.0 Å². The number of likely N-dealkylation sites (tertiary alicyclic amines) is 1. The number of carbonyl (C=O) groups excluding carboxylic acids is 2. The first-order chi connectivity index (χ1) is 10.1. The van der Waals surface area contributed by atoms with Crippen LogP contribution in [-0.2, 0) is 9.53 Å². The number of ether oxygens (including phenoxy) is 1. The van der Waals surface area contributed by atoms with Crippen LogP contribution in [0.4, 0.5) is 4.79 Å². The SMILES string of the molecule is CCOC(=O)N1CCC(NC(=O)CCC(C)CCN)CC1. The van der Waals surface area contributed by atoms with Gasteiger partial charge in [-0.2, -0.15) is 0 Å². The number of nitrogens with two attached hydrogens (primary N) is 1. The van der Waals surface area contributed by atoms with Gasteiger partial charge in [0.15, 0.2) is 0 Å². The fourth-order valence-corrected chi connectivity index (χ4v) is 2.53. The summed E-state index contributed by atoms with van der Waals surface area (Å²) in [6, 6.07) is 0.174. The summed E-state index contributed by atoms with van der Waals surface area (Å²) in [7, 11) is 0. The van der Waals surface area contributed by atoms with Crippen LogP contribution in [0.2, 0.25) is 0 Å². The van der Waals surface area contributed by atoms with E-state index in [0.29, 0.717) is 38.6 Å². The predicted octanol–water partition coefficient (Wildman–Crippen LogP) is 1.49. The van der Waals surface area contributed by atoms with Crippen LogP contribution in [0, 0.1) is 5.92 Å². The summed E-state index contributed by atoms with van der Waals surface area (Å²) in [5, 5.41) is 3.06. The van der Waals surface area contributed by atoms with Crippen molar-refractivity contribution < 1.29 is 14.3 Å². The molecule has 1 atom stereocenters. The van der Waals surface area contributed by atoms with Gasteiger partial charge in [-0.15, -0.1) is 0 Å². The normalized spacial score (nSPS) is 17.4. The molecule has 1 unspecified atom stereocenters. The minimum atomic E-state index is -0.252. The van der Waals surface area contributed by atoms with Crippen LogP contribution in [0.5, 0.6) is 0 Å². The Morgan fingerprint density at radius 3 is 2.57 bits per heavy atom. The Hall–Kier alpha value is -1.30. The Bertz CT molecular complexity index is 328. The fraction of sp³-hybridized carbons (Fsp3) is 0.867. The van der Waals surface area contributed by atoms with E-state index in [1.54, 1.807) is 11.8 Å². The molecule has 0 aliphatic carbocycles. The van der Waals surface area contributed by atoms with Gasteiger partial charge in [0.05, 0.1) is 6.61 Å². The molecule has 0 aromatic rings. The smallest absolute Gasteiger partial charge is 0.409 e. The quantitative estimate of drug-likeness (QED) is 0.746. The Morgan fingerprint density at radius 1 is 1.33 bits per heavy atom. The van der Waals surface area contributed by atoms with Crippen LogP contribution in [-0.4, -0.2) is 49.2 Å². The van der Waals surface area contributed by atoms with Crippen molar-refractivity contribution in [3.05, 3.63) is 0 Å². The molecule has 1 heterocycles. The van der Waals surface area contributed by atoms with Crippen molar-refractivity contribution in [2.24, 2.45) is 11.7 Å². The van der Waals surface area contributed by atoms with E-state index in [0.717, 1.165) is 25.7 Å². The molecule has 6 heteroatoms. The largest absolute Gasteiger partial charge is 0.450 e. The van der Waals surface area contributed by atoms with Crippen LogP contribution in [0.25, 0.3) is 0 Å². The molecule has 0 aromatic heterocycles. The topological polar surface area (TPSA) is 84.7 Å². The van der Waals surface area contributed by atoms with Crippen molar-refractivity contribution >= 4 is 12.0 Å². The summed E-state index contributed by atoms with van der Waals surface area (Å²) in [5.74, 6) is 0.597. The highest BCUT2D eigenvalue weighted by Gasteiger charge is 2.24. The van der Waals surface area contributed by atoms with Gasteiger partial charge in [-0.3, -0.25) is 4.79 Å². The van der Waals surface area contributed by atoms with E-state index in [4.69, 9.17) is 10.5 Å². The molecule has 21 heavy (non-hydrogen) atoms. The van der Waals surface area contributed by atoms with Crippen LogP contribution in [0.3, 0.4) is 0 Å². The molecule has 1 aliphatic rings. The van der Waals surface area contributed by atoms with Gasteiger partial charge in [0, 0.05) is 25.6 Å². The van der Waals surface area contributed by atoms with Gasteiger partial charge in [0.1, 0.15) is 0 Å². The first kappa shape index (κ1) is 17.8. The lowest BCUT2D eigenvalue weighted by molar-refractivity contribution is -0.122. The number of nitrogens with one attached hydrogen (secondary N) is 1. The van der Waals surface area contributed by atoms with Gasteiger partial charge in [0.25, 0.3) is 0 Å². The number of nitrogens with zero attached hydrogens (tertiary/aromatic N) is 1. The lowest BCUT2D eigenvalue weighted by Gasteiger charge is -2.31. The standard InChI is InChI=1S/C15H29N3O3/c1-3-21-15(20)18-10-7-13(8-11-18)17-14(19)5-4-12(2)6-9-16/h12-13H,3-11,16H2,1-2H3,(H,17,19). The first-order valence-corrected chi connectivity index (χ1v) is 7.98. The maximum Gasteiger partial charge on any atom is 0.409 e. The number of hydrogen-bond donors (Lipinski definition) is 2. The van der Waals surface area contributed by atoms with Gasteiger partial charge < -0.3 is 20.7 Å². The molecule has 1 saturated heterocycles. The molecule has 1 aliphatic heterocycles. The van der Waals surface area contributed by atoms with E-state index in [-0.39, 0.29) is 18.0 Å². The third kappa shape index (κ3) is 6.80. The highest BCUT2D eigenvalue weighted by Crippen LogP contribution is 2.13. The van der Waals surface area contributed by atoms with Crippen LogP contribution in [0.1, 0.15) is 46.0 Å². The average Bonchev–Trinajstić information content (AvgIpc) is 2.46. The Balaban J connectivity index is 2.20. The van der Waals surface area contributed by atoms with Crippen molar-refractivity contribution in [1.82, 2.24) is 10.2 Å². The maximum absolute atomic E-state index is 11.9. The number of hydrogen-bond acceptors (Lipinski definition) is 4. The van der Waals surface area contributed by atoms with Gasteiger partial charge in [0.2, 0.25) is 5.91 Å². The van der Waals surface area contributed by atoms with Gasteiger partial charge in [-0.05, 0) is 45.1 Å². The second kappa shape index (κ2) is 9.60. The molecule has 0 radical (unpaired) electrons. The molecule has 0 spiro atoms. The van der Waals surface area contributed by atoms with E-state index < -0.39 is 0 Å². The molecule has 3 N–H and O–H groups in total. The summed E-state index contributed by atoms with van der Waals surface area (Å²) in [4.78, 5) is 25.2. The summed E-state index contributed by atoms with van der Waals surface area (Å²) in [6.07, 6.45) is 3.74. The molecule has 2 amide bonds.